The van der Waals surface area contributed by atoms with E-state index in [-0.39, 0.29) is 36.1 Å². The summed E-state index contributed by atoms with van der Waals surface area (Å²) < 4.78 is 44.4. The number of carbonyl (C=O) groups excluding carboxylic acids is 2. The lowest BCUT2D eigenvalue weighted by atomic mass is 9.79. The summed E-state index contributed by atoms with van der Waals surface area (Å²) in [5.41, 5.74) is -0.283. The number of methoxy groups -OCH3 is 1. The van der Waals surface area contributed by atoms with Crippen LogP contribution in [0.15, 0.2) is 42.6 Å². The molecule has 2 unspecified atom stereocenters. The molecule has 1 aromatic carbocycles. The molecule has 2 heterocycles. The fraction of sp³-hybridized carbons (Fsp3) is 0.567. The number of nitrogens with zero attached hydrogens (tertiary/aromatic N) is 3. The van der Waals surface area contributed by atoms with Gasteiger partial charge in [0, 0.05) is 44.0 Å². The van der Waals surface area contributed by atoms with Crippen molar-refractivity contribution in [2.24, 2.45) is 0 Å². The first-order chi connectivity index (χ1) is 19.9. The predicted molar refractivity (Wildman–Crippen MR) is 150 cm³/mol. The number of nitrogens with one attached hydrogen (secondary N) is 2. The lowest BCUT2D eigenvalue weighted by Gasteiger charge is -2.37. The number of amides is 2. The number of aliphatic hydroxyl groups is 1. The molecule has 1 saturated carbocycles. The molecule has 3 N–H and O–H groups in total. The molecule has 2 amide bonds. The fourth-order valence-electron chi connectivity index (χ4n) is 5.90. The lowest BCUT2D eigenvalue weighted by molar-refractivity contribution is -0.137. The van der Waals surface area contributed by atoms with Crippen molar-refractivity contribution >= 4 is 11.8 Å². The van der Waals surface area contributed by atoms with E-state index in [0.29, 0.717) is 38.1 Å². The number of alkyl halides is 3. The van der Waals surface area contributed by atoms with E-state index in [1.54, 1.807) is 12.0 Å². The van der Waals surface area contributed by atoms with E-state index < -0.39 is 23.2 Å². The molecule has 0 spiro atoms. The second-order valence-corrected chi connectivity index (χ2v) is 11.6. The Morgan fingerprint density at radius 2 is 1.90 bits per heavy atom. The SMILES string of the molecule is COCC1CC(NC2CCC(O)(c3ccc(CN(C)C)cn3)CC2)CN1C(=O)CNC(=O)c1cccc(C(F)(F)F)c1. The van der Waals surface area contributed by atoms with Crippen molar-refractivity contribution in [3.05, 3.63) is 65.0 Å². The smallest absolute Gasteiger partial charge is 0.384 e. The van der Waals surface area contributed by atoms with Crippen molar-refractivity contribution in [2.75, 3.05) is 40.9 Å². The number of aromatic nitrogens is 1. The minimum atomic E-state index is -4.57. The number of hydrogen-bond donors (Lipinski definition) is 3. The first-order valence-corrected chi connectivity index (χ1v) is 14.2. The number of pyridine rings is 1. The van der Waals surface area contributed by atoms with Crippen molar-refractivity contribution in [1.29, 1.82) is 0 Å². The summed E-state index contributed by atoms with van der Waals surface area (Å²) in [5.74, 6) is -1.08. The summed E-state index contributed by atoms with van der Waals surface area (Å²) in [6.07, 6.45) is 0.569. The summed E-state index contributed by atoms with van der Waals surface area (Å²) in [7, 11) is 5.55. The summed E-state index contributed by atoms with van der Waals surface area (Å²) >= 11 is 0. The standard InChI is InChI=1S/C30H40F3N5O4/c1-37(2)17-20-7-8-26(34-15-20)29(41)11-9-23(10-12-29)36-24-14-25(19-42-3)38(18-24)27(39)16-35-28(40)21-5-4-6-22(13-21)30(31,32)33/h4-8,13,15,23-25,36,41H,9-12,14,16-19H2,1-3H3,(H,35,40). The molecule has 42 heavy (non-hydrogen) atoms. The Morgan fingerprint density at radius 3 is 2.52 bits per heavy atom. The van der Waals surface area contributed by atoms with E-state index in [0.717, 1.165) is 43.1 Å². The van der Waals surface area contributed by atoms with Crippen LogP contribution in [-0.2, 0) is 27.9 Å². The molecule has 2 fully saturated rings. The molecule has 2 aromatic rings. The predicted octanol–water partition coefficient (Wildman–Crippen LogP) is 2.93. The van der Waals surface area contributed by atoms with Crippen molar-refractivity contribution in [3.8, 4) is 0 Å². The van der Waals surface area contributed by atoms with Gasteiger partial charge in [-0.1, -0.05) is 12.1 Å². The third-order valence-electron chi connectivity index (χ3n) is 8.03. The molecule has 1 aromatic heterocycles. The van der Waals surface area contributed by atoms with Crippen LogP contribution in [0.4, 0.5) is 13.2 Å². The van der Waals surface area contributed by atoms with E-state index in [2.05, 4.69) is 20.5 Å². The Bertz CT molecular complexity index is 1220. The van der Waals surface area contributed by atoms with Gasteiger partial charge in [-0.15, -0.1) is 0 Å². The minimum absolute atomic E-state index is 0.00732. The van der Waals surface area contributed by atoms with Crippen LogP contribution in [0.5, 0.6) is 0 Å². The number of carbonyl (C=O) groups is 2. The number of halogens is 3. The number of ether oxygens (including phenoxy) is 1. The molecule has 2 aliphatic rings. The summed E-state index contributed by atoms with van der Waals surface area (Å²) in [6, 6.07) is 8.00. The van der Waals surface area contributed by atoms with Crippen molar-refractivity contribution in [3.63, 3.8) is 0 Å². The minimum Gasteiger partial charge on any atom is -0.384 e. The maximum Gasteiger partial charge on any atom is 0.416 e. The van der Waals surface area contributed by atoms with Crippen LogP contribution in [-0.4, -0.2) is 90.7 Å². The van der Waals surface area contributed by atoms with Gasteiger partial charge in [-0.25, -0.2) is 0 Å². The van der Waals surface area contributed by atoms with Gasteiger partial charge >= 0.3 is 6.18 Å². The molecule has 0 radical (unpaired) electrons. The van der Waals surface area contributed by atoms with Gasteiger partial charge in [0.1, 0.15) is 5.60 Å². The van der Waals surface area contributed by atoms with Crippen molar-refractivity contribution < 1.29 is 32.6 Å². The van der Waals surface area contributed by atoms with Crippen molar-refractivity contribution in [1.82, 2.24) is 25.4 Å². The highest BCUT2D eigenvalue weighted by Crippen LogP contribution is 2.37. The van der Waals surface area contributed by atoms with Crippen LogP contribution < -0.4 is 10.6 Å². The van der Waals surface area contributed by atoms with Crippen molar-refractivity contribution in [2.45, 2.75) is 68.6 Å². The fourth-order valence-corrected chi connectivity index (χ4v) is 5.90. The molecule has 9 nitrogen and oxygen atoms in total. The highest BCUT2D eigenvalue weighted by atomic mass is 19.4. The van der Waals surface area contributed by atoms with Crippen LogP contribution in [0, 0.1) is 0 Å². The quantitative estimate of drug-likeness (QED) is 0.390. The largest absolute Gasteiger partial charge is 0.416 e. The molecule has 1 aliphatic carbocycles. The van der Waals surface area contributed by atoms with E-state index in [9.17, 15) is 27.9 Å². The van der Waals surface area contributed by atoms with Gasteiger partial charge in [-0.05, 0) is 76.0 Å². The van der Waals surface area contributed by atoms with Crippen LogP contribution in [0.1, 0.15) is 59.3 Å². The van der Waals surface area contributed by atoms with Crippen LogP contribution in [0.2, 0.25) is 0 Å². The number of rotatable bonds is 10. The average molecular weight is 592 g/mol. The molecule has 0 bridgehead atoms. The Balaban J connectivity index is 1.29. The van der Waals surface area contributed by atoms with Gasteiger partial charge in [0.25, 0.3) is 5.91 Å². The Kier molecular flexibility index (Phi) is 10.2. The van der Waals surface area contributed by atoms with Gasteiger partial charge in [0.2, 0.25) is 5.91 Å². The lowest BCUT2D eigenvalue weighted by Crippen LogP contribution is -2.47. The van der Waals surface area contributed by atoms with Crippen LogP contribution in [0.3, 0.4) is 0 Å². The molecular weight excluding hydrogens is 551 g/mol. The van der Waals surface area contributed by atoms with Crippen LogP contribution in [0.25, 0.3) is 0 Å². The number of likely N-dealkylation sites (tertiary alicyclic amines) is 1. The molecule has 2 atom stereocenters. The van der Waals surface area contributed by atoms with Gasteiger partial charge in [0.15, 0.2) is 0 Å². The van der Waals surface area contributed by atoms with E-state index in [1.165, 1.54) is 6.07 Å². The molecule has 4 rings (SSSR count). The maximum absolute atomic E-state index is 13.1. The Hall–Kier alpha value is -3.06. The normalized spacial score (nSPS) is 24.7. The van der Waals surface area contributed by atoms with Gasteiger partial charge in [-0.3, -0.25) is 14.6 Å². The maximum atomic E-state index is 13.1. The Labute approximate surface area is 244 Å². The highest BCUT2D eigenvalue weighted by molar-refractivity contribution is 5.96. The molecule has 230 valence electrons. The van der Waals surface area contributed by atoms with Crippen LogP contribution >= 0.6 is 0 Å². The second-order valence-electron chi connectivity index (χ2n) is 11.6. The van der Waals surface area contributed by atoms with E-state index >= 15 is 0 Å². The third kappa shape index (κ3) is 8.06. The summed E-state index contributed by atoms with van der Waals surface area (Å²) in [6.45, 7) is 1.19. The first kappa shape index (κ1) is 31.9. The zero-order chi connectivity index (χ0) is 30.5. The molecular formula is C30H40F3N5O4. The van der Waals surface area contributed by atoms with E-state index in [1.807, 2.05) is 32.4 Å². The first-order valence-electron chi connectivity index (χ1n) is 14.2. The zero-order valence-corrected chi connectivity index (χ0v) is 24.3. The van der Waals surface area contributed by atoms with Gasteiger partial charge < -0.3 is 30.3 Å². The topological polar surface area (TPSA) is 107 Å². The Morgan fingerprint density at radius 1 is 1.17 bits per heavy atom. The number of hydrogen-bond acceptors (Lipinski definition) is 7. The highest BCUT2D eigenvalue weighted by Gasteiger charge is 2.40. The third-order valence-corrected chi connectivity index (χ3v) is 8.03. The van der Waals surface area contributed by atoms with Gasteiger partial charge in [-0.2, -0.15) is 13.2 Å². The monoisotopic (exact) mass is 591 g/mol. The summed E-state index contributed by atoms with van der Waals surface area (Å²) in [4.78, 5) is 33.8. The van der Waals surface area contributed by atoms with E-state index in [4.69, 9.17) is 4.74 Å². The molecule has 1 saturated heterocycles. The molecule has 1 aliphatic heterocycles. The average Bonchev–Trinajstić information content (AvgIpc) is 3.35. The molecule has 12 heteroatoms. The summed E-state index contributed by atoms with van der Waals surface area (Å²) in [5, 5.41) is 17.4. The number of benzene rings is 1. The second kappa shape index (κ2) is 13.5. The zero-order valence-electron chi connectivity index (χ0n) is 24.3. The van der Waals surface area contributed by atoms with Gasteiger partial charge in [0.05, 0.1) is 30.5 Å².